The second kappa shape index (κ2) is 12.0. The minimum Gasteiger partial charge on any atom is -0.496 e. The van der Waals surface area contributed by atoms with Crippen LogP contribution in [0.25, 0.3) is 0 Å². The van der Waals surface area contributed by atoms with Crippen LogP contribution >= 0.6 is 0 Å². The number of ether oxygens (including phenoxy) is 2. The summed E-state index contributed by atoms with van der Waals surface area (Å²) in [5.41, 5.74) is 1.73. The summed E-state index contributed by atoms with van der Waals surface area (Å²) in [6, 6.07) is 18.6. The van der Waals surface area contributed by atoms with Crippen LogP contribution in [0.2, 0.25) is 0 Å². The lowest BCUT2D eigenvalue weighted by atomic mass is 9.67. The Bertz CT molecular complexity index is 842. The summed E-state index contributed by atoms with van der Waals surface area (Å²) < 4.78 is 11.2. The zero-order valence-corrected chi connectivity index (χ0v) is 19.7. The molecule has 174 valence electrons. The molecular weight excluding hydrogens is 400 g/mol. The number of carbonyl (C=O) groups is 1. The second-order valence-electron chi connectivity index (χ2n) is 8.50. The molecule has 2 aromatic rings. The predicted octanol–water partition coefficient (Wildman–Crippen LogP) is 4.80. The molecule has 1 fully saturated rings. The van der Waals surface area contributed by atoms with Crippen molar-refractivity contribution >= 4 is 5.97 Å². The second-order valence-corrected chi connectivity index (χ2v) is 8.50. The van der Waals surface area contributed by atoms with E-state index in [4.69, 9.17) is 9.47 Å². The maximum atomic E-state index is 13.3. The highest BCUT2D eigenvalue weighted by molar-refractivity contribution is 5.75. The summed E-state index contributed by atoms with van der Waals surface area (Å²) in [4.78, 5) is 13.3. The average Bonchev–Trinajstić information content (AvgIpc) is 2.84. The van der Waals surface area contributed by atoms with E-state index < -0.39 is 5.54 Å². The van der Waals surface area contributed by atoms with Gasteiger partial charge in [0.15, 0.2) is 0 Å². The molecule has 0 aliphatic carbocycles. The average molecular weight is 439 g/mol. The minimum absolute atomic E-state index is 0.0785. The zero-order valence-electron chi connectivity index (χ0n) is 19.7. The van der Waals surface area contributed by atoms with E-state index in [0.717, 1.165) is 55.5 Å². The van der Waals surface area contributed by atoms with Gasteiger partial charge in [-0.05, 0) is 44.4 Å². The first-order valence-corrected chi connectivity index (χ1v) is 12.0. The van der Waals surface area contributed by atoms with E-state index in [1.807, 2.05) is 31.2 Å². The first kappa shape index (κ1) is 24.3. The van der Waals surface area contributed by atoms with Crippen molar-refractivity contribution in [1.82, 2.24) is 10.6 Å². The largest absolute Gasteiger partial charge is 0.496 e. The lowest BCUT2D eigenvalue weighted by Crippen LogP contribution is -2.65. The van der Waals surface area contributed by atoms with E-state index in [-0.39, 0.29) is 17.9 Å². The van der Waals surface area contributed by atoms with Gasteiger partial charge >= 0.3 is 5.97 Å². The topological polar surface area (TPSA) is 59.6 Å². The highest BCUT2D eigenvalue weighted by atomic mass is 16.5. The fourth-order valence-electron chi connectivity index (χ4n) is 5.06. The molecule has 0 radical (unpaired) electrons. The molecule has 0 unspecified atom stereocenters. The van der Waals surface area contributed by atoms with Gasteiger partial charge in [-0.25, -0.2) is 0 Å². The maximum Gasteiger partial charge on any atom is 0.311 e. The van der Waals surface area contributed by atoms with Gasteiger partial charge in [-0.2, -0.15) is 0 Å². The molecule has 1 saturated heterocycles. The summed E-state index contributed by atoms with van der Waals surface area (Å²) in [7, 11) is 1.71. The van der Waals surface area contributed by atoms with Gasteiger partial charge in [0, 0.05) is 18.2 Å². The molecule has 1 heterocycles. The van der Waals surface area contributed by atoms with E-state index in [9.17, 15) is 4.79 Å². The van der Waals surface area contributed by atoms with Crippen molar-refractivity contribution in [2.24, 2.45) is 5.92 Å². The Balaban J connectivity index is 2.01. The van der Waals surface area contributed by atoms with Gasteiger partial charge in [0.1, 0.15) is 5.75 Å². The predicted molar refractivity (Wildman–Crippen MR) is 129 cm³/mol. The molecule has 5 heteroatoms. The molecule has 3 atom stereocenters. The Morgan fingerprint density at radius 2 is 1.91 bits per heavy atom. The minimum atomic E-state index is -0.525. The summed E-state index contributed by atoms with van der Waals surface area (Å²) in [5.74, 6) is 0.505. The van der Waals surface area contributed by atoms with Crippen molar-refractivity contribution in [3.63, 3.8) is 0 Å². The smallest absolute Gasteiger partial charge is 0.311 e. The van der Waals surface area contributed by atoms with Crippen LogP contribution in [0.4, 0.5) is 0 Å². The lowest BCUT2D eigenvalue weighted by Gasteiger charge is -2.50. The summed E-state index contributed by atoms with van der Waals surface area (Å²) in [5, 5.41) is 7.62. The highest BCUT2D eigenvalue weighted by Crippen LogP contribution is 2.41. The van der Waals surface area contributed by atoms with Crippen LogP contribution in [0.15, 0.2) is 54.6 Å². The van der Waals surface area contributed by atoms with Crippen molar-refractivity contribution in [3.8, 4) is 5.75 Å². The summed E-state index contributed by atoms with van der Waals surface area (Å²) in [6.45, 7) is 6.00. The molecule has 1 aliphatic rings. The third-order valence-corrected chi connectivity index (χ3v) is 6.59. The number of hydrogen-bond donors (Lipinski definition) is 2. The molecule has 5 nitrogen and oxygen atoms in total. The lowest BCUT2D eigenvalue weighted by molar-refractivity contribution is -0.153. The Hall–Kier alpha value is -2.37. The van der Waals surface area contributed by atoms with Crippen LogP contribution in [0, 0.1) is 5.92 Å². The molecule has 1 aliphatic heterocycles. The van der Waals surface area contributed by atoms with Crippen LogP contribution in [0.1, 0.15) is 57.1 Å². The van der Waals surface area contributed by atoms with E-state index >= 15 is 0 Å². The number of esters is 1. The molecule has 0 spiro atoms. The monoisotopic (exact) mass is 438 g/mol. The van der Waals surface area contributed by atoms with Gasteiger partial charge in [0.05, 0.1) is 25.2 Å². The van der Waals surface area contributed by atoms with E-state index in [1.54, 1.807) is 7.11 Å². The van der Waals surface area contributed by atoms with Crippen LogP contribution in [0.5, 0.6) is 5.75 Å². The number of rotatable bonds is 11. The molecule has 0 amide bonds. The van der Waals surface area contributed by atoms with Gasteiger partial charge < -0.3 is 20.1 Å². The molecule has 3 rings (SSSR count). The maximum absolute atomic E-state index is 13.3. The molecule has 32 heavy (non-hydrogen) atoms. The molecule has 0 saturated carbocycles. The Kier molecular flexibility index (Phi) is 9.12. The van der Waals surface area contributed by atoms with Crippen LogP contribution in [0.3, 0.4) is 0 Å². The number of piperidine rings is 1. The number of carbonyl (C=O) groups excluding carboxylic acids is 1. The molecule has 0 aromatic heterocycles. The van der Waals surface area contributed by atoms with Crippen molar-refractivity contribution in [3.05, 3.63) is 65.7 Å². The van der Waals surface area contributed by atoms with Crippen molar-refractivity contribution in [2.45, 2.75) is 64.1 Å². The first-order valence-electron chi connectivity index (χ1n) is 12.0. The number of methoxy groups -OCH3 is 1. The van der Waals surface area contributed by atoms with Gasteiger partial charge in [0.25, 0.3) is 0 Å². The third-order valence-electron chi connectivity index (χ3n) is 6.59. The molecular formula is C27H38N2O3. The summed E-state index contributed by atoms with van der Waals surface area (Å²) in [6.07, 6.45) is 4.86. The zero-order chi connectivity index (χ0) is 22.8. The van der Waals surface area contributed by atoms with Crippen molar-refractivity contribution < 1.29 is 14.3 Å². The number of hydrogen-bond acceptors (Lipinski definition) is 5. The Morgan fingerprint density at radius 1 is 1.16 bits per heavy atom. The molecule has 2 aromatic carbocycles. The number of unbranched alkanes of at least 4 members (excludes halogenated alkanes) is 1. The van der Waals surface area contributed by atoms with Gasteiger partial charge in [-0.15, -0.1) is 0 Å². The number of benzene rings is 2. The SMILES string of the molecule is CCCC[C@H](C(=O)OCC)[C@@]1(c2ccccc2)NCCC[C@@H]1NCc1ccccc1OC. The van der Waals surface area contributed by atoms with Gasteiger partial charge in [0.2, 0.25) is 0 Å². The number of nitrogens with one attached hydrogen (secondary N) is 2. The van der Waals surface area contributed by atoms with Crippen molar-refractivity contribution in [1.29, 1.82) is 0 Å². The van der Waals surface area contributed by atoms with Crippen LogP contribution in [-0.4, -0.2) is 32.3 Å². The van der Waals surface area contributed by atoms with E-state index in [2.05, 4.69) is 47.9 Å². The highest BCUT2D eigenvalue weighted by Gasteiger charge is 2.51. The fraction of sp³-hybridized carbons (Fsp3) is 0.519. The van der Waals surface area contributed by atoms with Crippen LogP contribution < -0.4 is 15.4 Å². The standard InChI is InChI=1S/C27H38N2O3/c1-4-6-16-23(26(30)32-5-2)27(22-14-8-7-9-15-22)25(18-12-19-29-27)28-20-21-13-10-11-17-24(21)31-3/h7-11,13-15,17,23,25,28-29H,4-6,12,16,18-20H2,1-3H3/t23-,25+,27-/m1/s1. The van der Waals surface area contributed by atoms with Gasteiger partial charge in [-0.3, -0.25) is 4.79 Å². The Morgan fingerprint density at radius 3 is 2.62 bits per heavy atom. The van der Waals surface area contributed by atoms with Crippen molar-refractivity contribution in [2.75, 3.05) is 20.3 Å². The third kappa shape index (κ3) is 5.33. The summed E-state index contributed by atoms with van der Waals surface area (Å²) >= 11 is 0. The molecule has 2 N–H and O–H groups in total. The Labute approximate surface area is 192 Å². The van der Waals surface area contributed by atoms with E-state index in [0.29, 0.717) is 13.2 Å². The quantitative estimate of drug-likeness (QED) is 0.494. The van der Waals surface area contributed by atoms with Gasteiger partial charge in [-0.1, -0.05) is 68.3 Å². The van der Waals surface area contributed by atoms with Crippen LogP contribution in [-0.2, 0) is 21.6 Å². The normalized spacial score (nSPS) is 21.7. The fourth-order valence-corrected chi connectivity index (χ4v) is 5.06. The molecule has 0 bridgehead atoms. The number of para-hydroxylation sites is 1. The van der Waals surface area contributed by atoms with E-state index in [1.165, 1.54) is 0 Å². The first-order chi connectivity index (χ1) is 15.7.